The maximum atomic E-state index is 12.5. The number of hydrogen-bond acceptors (Lipinski definition) is 3. The van der Waals surface area contributed by atoms with Crippen LogP contribution in [0.2, 0.25) is 0 Å². The summed E-state index contributed by atoms with van der Waals surface area (Å²) in [6.45, 7) is 7.85. The summed E-state index contributed by atoms with van der Waals surface area (Å²) in [6.07, 6.45) is 2.41. The molecule has 0 N–H and O–H groups in total. The van der Waals surface area contributed by atoms with Crippen molar-refractivity contribution < 1.29 is 14.3 Å². The minimum atomic E-state index is -0.127. The standard InChI is InChI=1S/C19H27NO3/c1-4-23-19(22)17-9-11-20(12-10-17)18(21)16-7-5-15(6-8-16)13-14(2)3/h5-8,14,17H,4,9-13H2,1-3H3. The SMILES string of the molecule is CCOC(=O)C1CCN(C(=O)c2ccc(CC(C)C)cc2)CC1. The Bertz CT molecular complexity index is 528. The van der Waals surface area contributed by atoms with Gasteiger partial charge in [0, 0.05) is 18.7 Å². The van der Waals surface area contributed by atoms with Crippen LogP contribution in [0.15, 0.2) is 24.3 Å². The van der Waals surface area contributed by atoms with E-state index < -0.39 is 0 Å². The summed E-state index contributed by atoms with van der Waals surface area (Å²) in [6, 6.07) is 7.91. The molecule has 23 heavy (non-hydrogen) atoms. The molecule has 0 aliphatic carbocycles. The van der Waals surface area contributed by atoms with Crippen LogP contribution in [-0.4, -0.2) is 36.5 Å². The highest BCUT2D eigenvalue weighted by atomic mass is 16.5. The molecule has 1 aliphatic heterocycles. The highest BCUT2D eigenvalue weighted by Crippen LogP contribution is 2.21. The summed E-state index contributed by atoms with van der Waals surface area (Å²) in [5, 5.41) is 0. The van der Waals surface area contributed by atoms with Crippen LogP contribution in [0.25, 0.3) is 0 Å². The van der Waals surface area contributed by atoms with E-state index in [0.717, 1.165) is 12.0 Å². The fourth-order valence-corrected chi connectivity index (χ4v) is 3.02. The zero-order chi connectivity index (χ0) is 16.8. The molecule has 0 aromatic heterocycles. The molecule has 1 fully saturated rings. The molecule has 0 radical (unpaired) electrons. The predicted octanol–water partition coefficient (Wildman–Crippen LogP) is 3.30. The number of esters is 1. The minimum absolute atomic E-state index is 0.0587. The Hall–Kier alpha value is -1.84. The number of carbonyl (C=O) groups excluding carboxylic acids is 2. The normalized spacial score (nSPS) is 15.7. The Balaban J connectivity index is 1.90. The lowest BCUT2D eigenvalue weighted by atomic mass is 9.96. The molecule has 0 bridgehead atoms. The number of piperidine rings is 1. The van der Waals surface area contributed by atoms with Gasteiger partial charge in [0.15, 0.2) is 0 Å². The van der Waals surface area contributed by atoms with Gasteiger partial charge in [0.05, 0.1) is 12.5 Å². The molecule has 4 heteroatoms. The van der Waals surface area contributed by atoms with E-state index >= 15 is 0 Å². The second-order valence-corrected chi connectivity index (χ2v) is 6.61. The van der Waals surface area contributed by atoms with E-state index in [4.69, 9.17) is 4.74 Å². The Morgan fingerprint density at radius 1 is 1.17 bits per heavy atom. The number of benzene rings is 1. The number of nitrogens with zero attached hydrogens (tertiary/aromatic N) is 1. The van der Waals surface area contributed by atoms with Gasteiger partial charge in [-0.2, -0.15) is 0 Å². The predicted molar refractivity (Wildman–Crippen MR) is 90.2 cm³/mol. The van der Waals surface area contributed by atoms with Crippen molar-refractivity contribution in [3.63, 3.8) is 0 Å². The lowest BCUT2D eigenvalue weighted by Gasteiger charge is -2.31. The number of likely N-dealkylation sites (tertiary alicyclic amines) is 1. The number of hydrogen-bond donors (Lipinski definition) is 0. The van der Waals surface area contributed by atoms with Crippen LogP contribution in [0.1, 0.15) is 49.5 Å². The molecule has 4 nitrogen and oxygen atoms in total. The second kappa shape index (κ2) is 8.14. The third kappa shape index (κ3) is 4.81. The lowest BCUT2D eigenvalue weighted by molar-refractivity contribution is -0.149. The van der Waals surface area contributed by atoms with Crippen LogP contribution in [0.5, 0.6) is 0 Å². The van der Waals surface area contributed by atoms with E-state index in [1.165, 1.54) is 5.56 Å². The zero-order valence-corrected chi connectivity index (χ0v) is 14.4. The molecule has 1 aromatic carbocycles. The van der Waals surface area contributed by atoms with Gasteiger partial charge in [-0.3, -0.25) is 9.59 Å². The maximum absolute atomic E-state index is 12.5. The van der Waals surface area contributed by atoms with Crippen LogP contribution in [-0.2, 0) is 16.0 Å². The Morgan fingerprint density at radius 2 is 1.78 bits per heavy atom. The first-order valence-corrected chi connectivity index (χ1v) is 8.56. The fourth-order valence-electron chi connectivity index (χ4n) is 3.02. The molecule has 0 saturated carbocycles. The maximum Gasteiger partial charge on any atom is 0.309 e. The van der Waals surface area contributed by atoms with Crippen molar-refractivity contribution >= 4 is 11.9 Å². The van der Waals surface area contributed by atoms with E-state index in [1.54, 1.807) is 0 Å². The van der Waals surface area contributed by atoms with Crippen molar-refractivity contribution in [2.45, 2.75) is 40.0 Å². The van der Waals surface area contributed by atoms with Crippen molar-refractivity contribution in [2.24, 2.45) is 11.8 Å². The summed E-state index contributed by atoms with van der Waals surface area (Å²) in [4.78, 5) is 26.1. The number of ether oxygens (including phenoxy) is 1. The van der Waals surface area contributed by atoms with Gasteiger partial charge in [-0.15, -0.1) is 0 Å². The summed E-state index contributed by atoms with van der Waals surface area (Å²) in [7, 11) is 0. The van der Waals surface area contributed by atoms with Gasteiger partial charge >= 0.3 is 5.97 Å². The van der Waals surface area contributed by atoms with Gasteiger partial charge in [0.1, 0.15) is 0 Å². The van der Waals surface area contributed by atoms with Crippen molar-refractivity contribution in [2.75, 3.05) is 19.7 Å². The average Bonchev–Trinajstić information content (AvgIpc) is 2.55. The van der Waals surface area contributed by atoms with Gasteiger partial charge in [-0.05, 0) is 49.8 Å². The highest BCUT2D eigenvalue weighted by Gasteiger charge is 2.28. The number of rotatable bonds is 5. The number of amides is 1. The van der Waals surface area contributed by atoms with Gasteiger partial charge in [-0.1, -0.05) is 26.0 Å². The first-order valence-electron chi connectivity index (χ1n) is 8.56. The van der Waals surface area contributed by atoms with E-state index in [2.05, 4.69) is 13.8 Å². The van der Waals surface area contributed by atoms with Crippen LogP contribution in [0, 0.1) is 11.8 Å². The Labute approximate surface area is 138 Å². The second-order valence-electron chi connectivity index (χ2n) is 6.61. The molecule has 2 rings (SSSR count). The molecule has 0 unspecified atom stereocenters. The fraction of sp³-hybridized carbons (Fsp3) is 0.579. The van der Waals surface area contributed by atoms with E-state index in [1.807, 2.05) is 36.1 Å². The highest BCUT2D eigenvalue weighted by molar-refractivity contribution is 5.94. The lowest BCUT2D eigenvalue weighted by Crippen LogP contribution is -2.40. The average molecular weight is 317 g/mol. The third-order valence-corrected chi connectivity index (χ3v) is 4.25. The summed E-state index contributed by atoms with van der Waals surface area (Å²) >= 11 is 0. The third-order valence-electron chi connectivity index (χ3n) is 4.25. The van der Waals surface area contributed by atoms with Gasteiger partial charge in [0.2, 0.25) is 0 Å². The molecule has 1 amide bonds. The van der Waals surface area contributed by atoms with Gasteiger partial charge < -0.3 is 9.64 Å². The van der Waals surface area contributed by atoms with Crippen LogP contribution >= 0.6 is 0 Å². The van der Waals surface area contributed by atoms with E-state index in [9.17, 15) is 9.59 Å². The Kier molecular flexibility index (Phi) is 6.20. The summed E-state index contributed by atoms with van der Waals surface area (Å²) < 4.78 is 5.06. The van der Waals surface area contributed by atoms with Crippen LogP contribution < -0.4 is 0 Å². The zero-order valence-electron chi connectivity index (χ0n) is 14.4. The molecular formula is C19H27NO3. The molecule has 1 aliphatic rings. The summed E-state index contributed by atoms with van der Waals surface area (Å²) in [5.74, 6) is 0.479. The number of carbonyl (C=O) groups is 2. The first-order chi connectivity index (χ1) is 11.0. The molecule has 0 spiro atoms. The van der Waals surface area contributed by atoms with Crippen LogP contribution in [0.4, 0.5) is 0 Å². The molecule has 1 saturated heterocycles. The van der Waals surface area contributed by atoms with Crippen LogP contribution in [0.3, 0.4) is 0 Å². The van der Waals surface area contributed by atoms with E-state index in [-0.39, 0.29) is 17.8 Å². The molecule has 126 valence electrons. The van der Waals surface area contributed by atoms with Crippen molar-refractivity contribution in [1.82, 2.24) is 4.90 Å². The largest absolute Gasteiger partial charge is 0.466 e. The quantitative estimate of drug-likeness (QED) is 0.783. The first kappa shape index (κ1) is 17.5. The van der Waals surface area contributed by atoms with Crippen molar-refractivity contribution in [1.29, 1.82) is 0 Å². The van der Waals surface area contributed by atoms with Crippen molar-refractivity contribution in [3.8, 4) is 0 Å². The van der Waals surface area contributed by atoms with Crippen molar-refractivity contribution in [3.05, 3.63) is 35.4 Å². The van der Waals surface area contributed by atoms with E-state index in [0.29, 0.717) is 38.5 Å². The minimum Gasteiger partial charge on any atom is -0.466 e. The van der Waals surface area contributed by atoms with Gasteiger partial charge in [-0.25, -0.2) is 0 Å². The molecule has 1 aromatic rings. The molecule has 1 heterocycles. The molecular weight excluding hydrogens is 290 g/mol. The topological polar surface area (TPSA) is 46.6 Å². The smallest absolute Gasteiger partial charge is 0.309 e. The molecule has 0 atom stereocenters. The Morgan fingerprint density at radius 3 is 2.30 bits per heavy atom. The monoisotopic (exact) mass is 317 g/mol. The summed E-state index contributed by atoms with van der Waals surface area (Å²) in [5.41, 5.74) is 1.99. The van der Waals surface area contributed by atoms with Gasteiger partial charge in [0.25, 0.3) is 5.91 Å².